The predicted molar refractivity (Wildman–Crippen MR) is 165 cm³/mol. The highest BCUT2D eigenvalue weighted by molar-refractivity contribution is 14.1. The van der Waals surface area contributed by atoms with Gasteiger partial charge in [0, 0.05) is 13.2 Å². The lowest BCUT2D eigenvalue weighted by atomic mass is 10.2. The normalized spacial score (nSPS) is 10.7. The lowest BCUT2D eigenvalue weighted by molar-refractivity contribution is -0.384. The Morgan fingerprint density at radius 1 is 0.949 bits per heavy atom. The van der Waals surface area contributed by atoms with E-state index in [4.69, 9.17) is 35.4 Å². The number of anilines is 4. The number of nitrogens with zero attached hydrogens (tertiary/aromatic N) is 7. The molecular formula is C22H11Cl2I2N7O5S. The van der Waals surface area contributed by atoms with Gasteiger partial charge in [-0.15, -0.1) is 0 Å². The minimum atomic E-state index is -1.12. The zero-order valence-corrected chi connectivity index (χ0v) is 25.5. The summed E-state index contributed by atoms with van der Waals surface area (Å²) in [6.07, 6.45) is 5.31. The number of nitro benzene ring substituents is 1. The Labute approximate surface area is 262 Å². The molecule has 0 unspecified atom stereocenters. The monoisotopic (exact) mass is 809 g/mol. The van der Waals surface area contributed by atoms with Crippen LogP contribution in [0.2, 0.25) is 10.3 Å². The van der Waals surface area contributed by atoms with Crippen LogP contribution in [0.25, 0.3) is 0 Å². The minimum absolute atomic E-state index is 0.00534. The number of phenols is 1. The molecule has 0 fully saturated rings. The van der Waals surface area contributed by atoms with E-state index in [0.717, 1.165) is 6.07 Å². The summed E-state index contributed by atoms with van der Waals surface area (Å²) in [6.45, 7) is 0. The Bertz CT molecular complexity index is 1630. The zero-order chi connectivity index (χ0) is 28.4. The van der Waals surface area contributed by atoms with E-state index < -0.39 is 16.6 Å². The molecule has 17 heteroatoms. The number of aromatic hydroxyl groups is 1. The molecule has 0 aliphatic carbocycles. The summed E-state index contributed by atoms with van der Waals surface area (Å²) in [4.78, 5) is 41.8. The van der Waals surface area contributed by atoms with Crippen molar-refractivity contribution >= 4 is 120 Å². The lowest BCUT2D eigenvalue weighted by Gasteiger charge is -2.33. The third-order valence-corrected chi connectivity index (χ3v) is 7.30. The number of carbonyl (C=O) groups is 1. The van der Waals surface area contributed by atoms with Crippen LogP contribution in [0.4, 0.5) is 28.7 Å². The molecule has 0 amide bonds. The fourth-order valence-corrected chi connectivity index (χ4v) is 6.24. The molecule has 2 N–H and O–H groups in total. The summed E-state index contributed by atoms with van der Waals surface area (Å²) in [5, 5.41) is 31.6. The molecule has 0 spiro atoms. The van der Waals surface area contributed by atoms with Crippen LogP contribution in [0.15, 0.2) is 55.1 Å². The highest BCUT2D eigenvalue weighted by Crippen LogP contribution is 2.40. The molecule has 2 heterocycles. The first-order chi connectivity index (χ1) is 18.5. The first-order valence-corrected chi connectivity index (χ1v) is 13.6. The summed E-state index contributed by atoms with van der Waals surface area (Å²) in [5.41, 5.74) is 0.116. The van der Waals surface area contributed by atoms with Gasteiger partial charge in [0.05, 0.1) is 52.7 Å². The number of aromatic carboxylic acids is 1. The van der Waals surface area contributed by atoms with Crippen LogP contribution in [0, 0.1) is 17.3 Å². The summed E-state index contributed by atoms with van der Waals surface area (Å²) < 4.78 is 0.956. The van der Waals surface area contributed by atoms with Crippen LogP contribution in [-0.4, -0.2) is 46.2 Å². The molecule has 0 radical (unpaired) electrons. The highest BCUT2D eigenvalue weighted by Gasteiger charge is 2.31. The molecule has 12 nitrogen and oxygen atoms in total. The van der Waals surface area contributed by atoms with Crippen LogP contribution in [0.5, 0.6) is 5.75 Å². The van der Waals surface area contributed by atoms with E-state index >= 15 is 0 Å². The fourth-order valence-electron chi connectivity index (χ4n) is 3.33. The van der Waals surface area contributed by atoms with Crippen LogP contribution in [0.1, 0.15) is 10.4 Å². The standard InChI is InChI=1S/C22H11Cl2I2N7O5S/c23-16-6-27-8-18(29-16)31(14-2-1-11(33(37)38)5-15(14)34)22(39)32(19-9-28-7-17(24)30-19)20-12(25)3-10(21(35)36)4-13(20)26/h1-9,34H,(H,35,36). The van der Waals surface area contributed by atoms with E-state index in [2.05, 4.69) is 19.9 Å². The van der Waals surface area contributed by atoms with E-state index in [9.17, 15) is 25.1 Å². The second-order valence-electron chi connectivity index (χ2n) is 7.38. The van der Waals surface area contributed by atoms with Crippen LogP contribution in [-0.2, 0) is 0 Å². The van der Waals surface area contributed by atoms with E-state index in [-0.39, 0.29) is 44.0 Å². The predicted octanol–water partition coefficient (Wildman–Crippen LogP) is 6.36. The van der Waals surface area contributed by atoms with Crippen molar-refractivity contribution in [3.8, 4) is 5.75 Å². The number of rotatable bonds is 6. The van der Waals surface area contributed by atoms with Gasteiger partial charge in [-0.05, 0) is 75.6 Å². The second kappa shape index (κ2) is 12.0. The topological polar surface area (TPSA) is 159 Å². The van der Waals surface area contributed by atoms with E-state index in [0.29, 0.717) is 12.8 Å². The number of hydrogen-bond donors (Lipinski definition) is 2. The number of non-ortho nitro benzene ring substituents is 1. The third kappa shape index (κ3) is 6.26. The van der Waals surface area contributed by atoms with Gasteiger partial charge in [0.15, 0.2) is 16.7 Å². The molecule has 0 aliphatic heterocycles. The average molecular weight is 810 g/mol. The molecule has 4 rings (SSSR count). The lowest BCUT2D eigenvalue weighted by Crippen LogP contribution is -2.40. The summed E-state index contributed by atoms with van der Waals surface area (Å²) in [6, 6.07) is 6.32. The molecule has 0 bridgehead atoms. The van der Waals surface area contributed by atoms with Crippen molar-refractivity contribution < 1.29 is 19.9 Å². The van der Waals surface area contributed by atoms with Crippen molar-refractivity contribution in [2.24, 2.45) is 0 Å². The largest absolute Gasteiger partial charge is 0.505 e. The van der Waals surface area contributed by atoms with Gasteiger partial charge in [-0.25, -0.2) is 14.8 Å². The average Bonchev–Trinajstić information content (AvgIpc) is 2.87. The van der Waals surface area contributed by atoms with E-state index in [1.165, 1.54) is 58.9 Å². The summed E-state index contributed by atoms with van der Waals surface area (Å²) in [5.74, 6) is -1.41. The van der Waals surface area contributed by atoms with Crippen molar-refractivity contribution in [1.82, 2.24) is 19.9 Å². The number of carboxylic acid groups (broad SMARTS) is 1. The molecular weight excluding hydrogens is 799 g/mol. The molecule has 0 saturated carbocycles. The fraction of sp³-hybridized carbons (Fsp3) is 0. The van der Waals surface area contributed by atoms with Gasteiger partial charge in [-0.2, -0.15) is 0 Å². The molecule has 39 heavy (non-hydrogen) atoms. The molecule has 0 aliphatic rings. The van der Waals surface area contributed by atoms with Gasteiger partial charge in [0.25, 0.3) is 5.69 Å². The molecule has 198 valence electrons. The number of phenolic OH excluding ortho intramolecular Hbond substituents is 1. The Morgan fingerprint density at radius 2 is 1.49 bits per heavy atom. The van der Waals surface area contributed by atoms with Gasteiger partial charge in [-0.1, -0.05) is 23.2 Å². The number of thiocarbonyl (C=S) groups is 1. The molecule has 4 aromatic rings. The zero-order valence-electron chi connectivity index (χ0n) is 18.9. The first kappa shape index (κ1) is 29.0. The smallest absolute Gasteiger partial charge is 0.335 e. The van der Waals surface area contributed by atoms with Gasteiger partial charge >= 0.3 is 5.97 Å². The summed E-state index contributed by atoms with van der Waals surface area (Å²) in [7, 11) is 0. The van der Waals surface area contributed by atoms with Crippen LogP contribution in [0.3, 0.4) is 0 Å². The van der Waals surface area contributed by atoms with Gasteiger partial charge in [0.1, 0.15) is 16.1 Å². The van der Waals surface area contributed by atoms with Gasteiger partial charge in [0.2, 0.25) is 0 Å². The number of hydrogen-bond acceptors (Lipinski definition) is 9. The maximum Gasteiger partial charge on any atom is 0.335 e. The van der Waals surface area contributed by atoms with Crippen LogP contribution < -0.4 is 9.80 Å². The Morgan fingerprint density at radius 3 is 1.95 bits per heavy atom. The van der Waals surface area contributed by atoms with E-state index in [1.54, 1.807) is 0 Å². The number of aromatic nitrogens is 4. The molecule has 0 atom stereocenters. The van der Waals surface area contributed by atoms with E-state index in [1.807, 2.05) is 45.2 Å². The van der Waals surface area contributed by atoms with Crippen molar-refractivity contribution in [3.63, 3.8) is 0 Å². The maximum absolute atomic E-state index is 11.7. The number of nitro groups is 1. The Balaban J connectivity index is 2.00. The van der Waals surface area contributed by atoms with Crippen molar-refractivity contribution in [3.05, 3.63) is 88.2 Å². The van der Waals surface area contributed by atoms with Crippen molar-refractivity contribution in [1.29, 1.82) is 0 Å². The SMILES string of the molecule is O=C(O)c1cc(I)c(N(C(=S)N(c2cncc(Cl)n2)c2ccc([N+](=O)[O-])cc2O)c2cncc(Cl)n2)c(I)c1. The Hall–Kier alpha value is -3.00. The first-order valence-electron chi connectivity index (χ1n) is 10.3. The summed E-state index contributed by atoms with van der Waals surface area (Å²) >= 11 is 22.1. The highest BCUT2D eigenvalue weighted by atomic mass is 127. The molecule has 2 aromatic carbocycles. The van der Waals surface area contributed by atoms with Crippen molar-refractivity contribution in [2.45, 2.75) is 0 Å². The maximum atomic E-state index is 11.7. The second-order valence-corrected chi connectivity index (χ2v) is 10.8. The number of halogens is 4. The minimum Gasteiger partial charge on any atom is -0.505 e. The number of carboxylic acids is 1. The van der Waals surface area contributed by atoms with Crippen LogP contribution >= 0.6 is 80.6 Å². The number of benzene rings is 2. The van der Waals surface area contributed by atoms with Crippen molar-refractivity contribution in [2.75, 3.05) is 9.80 Å². The van der Waals surface area contributed by atoms with Gasteiger partial charge in [-0.3, -0.25) is 29.9 Å². The Kier molecular flexibility index (Phi) is 8.94. The third-order valence-electron chi connectivity index (χ3n) is 4.92. The molecule has 0 saturated heterocycles. The van der Waals surface area contributed by atoms with Gasteiger partial charge < -0.3 is 10.2 Å². The molecule has 2 aromatic heterocycles. The quantitative estimate of drug-likeness (QED) is 0.0963.